The average molecular weight is 214 g/mol. The summed E-state index contributed by atoms with van der Waals surface area (Å²) in [5.74, 6) is -0.261. The molecule has 0 aliphatic carbocycles. The van der Waals surface area contributed by atoms with Gasteiger partial charge in [0, 0.05) is 12.2 Å². The number of ether oxygens (including phenoxy) is 2. The Hall–Kier alpha value is -0.830. The highest BCUT2D eigenvalue weighted by molar-refractivity contribution is 5.87. The molecule has 0 N–H and O–H groups in total. The van der Waals surface area contributed by atoms with E-state index in [1.54, 1.807) is 19.9 Å². The molecular formula is C12H22O3. The van der Waals surface area contributed by atoms with E-state index in [2.05, 4.69) is 6.92 Å². The number of hydrogen-bond acceptors (Lipinski definition) is 3. The molecule has 0 aliphatic rings. The number of rotatable bonds is 7. The number of esters is 1. The number of carbonyl (C=O) groups excluding carboxylic acids is 1. The van der Waals surface area contributed by atoms with E-state index in [0.717, 1.165) is 19.4 Å². The highest BCUT2D eigenvalue weighted by atomic mass is 16.5. The fraction of sp³-hybridized carbons (Fsp3) is 0.750. The van der Waals surface area contributed by atoms with Gasteiger partial charge in [0.05, 0.1) is 12.7 Å². The topological polar surface area (TPSA) is 35.5 Å². The smallest absolute Gasteiger partial charge is 0.333 e. The van der Waals surface area contributed by atoms with Crippen molar-refractivity contribution in [3.63, 3.8) is 0 Å². The molecule has 0 aromatic carbocycles. The largest absolute Gasteiger partial charge is 0.463 e. The van der Waals surface area contributed by atoms with Crippen LogP contribution in [0.15, 0.2) is 11.6 Å². The van der Waals surface area contributed by atoms with Crippen LogP contribution >= 0.6 is 0 Å². The molecule has 0 radical (unpaired) electrons. The molecule has 15 heavy (non-hydrogen) atoms. The molecule has 0 rings (SSSR count). The maximum absolute atomic E-state index is 11.3. The van der Waals surface area contributed by atoms with Gasteiger partial charge in [-0.1, -0.05) is 13.3 Å². The summed E-state index contributed by atoms with van der Waals surface area (Å²) < 4.78 is 10.4. The van der Waals surface area contributed by atoms with Gasteiger partial charge in [-0.15, -0.1) is 0 Å². The van der Waals surface area contributed by atoms with Crippen molar-refractivity contribution in [1.29, 1.82) is 0 Å². The van der Waals surface area contributed by atoms with Crippen molar-refractivity contribution in [2.24, 2.45) is 0 Å². The normalized spacial score (nSPS) is 13.7. The zero-order valence-electron chi connectivity index (χ0n) is 10.2. The van der Waals surface area contributed by atoms with Gasteiger partial charge < -0.3 is 9.47 Å². The standard InChI is InChI=1S/C12H22O3/c1-5-7-8-15-11(4)9-10(3)12(13)14-6-2/h9,11H,5-8H2,1-4H3/b10-9+. The van der Waals surface area contributed by atoms with E-state index in [1.165, 1.54) is 0 Å². The van der Waals surface area contributed by atoms with Crippen LogP contribution in [0.2, 0.25) is 0 Å². The molecule has 0 saturated heterocycles. The Labute approximate surface area is 92.5 Å². The first kappa shape index (κ1) is 14.2. The van der Waals surface area contributed by atoms with Crippen molar-refractivity contribution >= 4 is 5.97 Å². The van der Waals surface area contributed by atoms with Crippen LogP contribution in [-0.4, -0.2) is 25.3 Å². The molecule has 0 heterocycles. The van der Waals surface area contributed by atoms with E-state index in [9.17, 15) is 4.79 Å². The Balaban J connectivity index is 3.93. The predicted molar refractivity (Wildman–Crippen MR) is 60.7 cm³/mol. The molecule has 0 aliphatic heterocycles. The lowest BCUT2D eigenvalue weighted by Gasteiger charge is -2.09. The Morgan fingerprint density at radius 1 is 1.40 bits per heavy atom. The molecular weight excluding hydrogens is 192 g/mol. The van der Waals surface area contributed by atoms with Crippen LogP contribution in [0.3, 0.4) is 0 Å². The second kappa shape index (κ2) is 8.48. The lowest BCUT2D eigenvalue weighted by Crippen LogP contribution is -2.11. The molecule has 0 amide bonds. The highest BCUT2D eigenvalue weighted by Crippen LogP contribution is 2.03. The van der Waals surface area contributed by atoms with Crippen LogP contribution in [0.25, 0.3) is 0 Å². The molecule has 0 saturated carbocycles. The Morgan fingerprint density at radius 2 is 2.07 bits per heavy atom. The molecule has 3 heteroatoms. The minimum Gasteiger partial charge on any atom is -0.463 e. The van der Waals surface area contributed by atoms with E-state index in [0.29, 0.717) is 12.2 Å². The zero-order valence-corrected chi connectivity index (χ0v) is 10.2. The van der Waals surface area contributed by atoms with Crippen LogP contribution in [0.4, 0.5) is 0 Å². The highest BCUT2D eigenvalue weighted by Gasteiger charge is 2.06. The molecule has 0 fully saturated rings. The quantitative estimate of drug-likeness (QED) is 0.371. The first-order valence-electron chi connectivity index (χ1n) is 5.58. The van der Waals surface area contributed by atoms with Crippen molar-refractivity contribution in [1.82, 2.24) is 0 Å². The van der Waals surface area contributed by atoms with Gasteiger partial charge in [0.25, 0.3) is 0 Å². The summed E-state index contributed by atoms with van der Waals surface area (Å²) in [5, 5.41) is 0. The Bertz CT molecular complexity index is 209. The monoisotopic (exact) mass is 214 g/mol. The zero-order chi connectivity index (χ0) is 11.7. The van der Waals surface area contributed by atoms with Crippen LogP contribution in [0.1, 0.15) is 40.5 Å². The van der Waals surface area contributed by atoms with Gasteiger partial charge in [-0.2, -0.15) is 0 Å². The minimum atomic E-state index is -0.261. The molecule has 1 atom stereocenters. The second-order valence-corrected chi connectivity index (χ2v) is 3.50. The van der Waals surface area contributed by atoms with Gasteiger partial charge in [-0.25, -0.2) is 4.79 Å². The lowest BCUT2D eigenvalue weighted by atomic mass is 10.2. The van der Waals surface area contributed by atoms with Crippen molar-refractivity contribution in [3.8, 4) is 0 Å². The summed E-state index contributed by atoms with van der Waals surface area (Å²) >= 11 is 0. The first-order valence-corrected chi connectivity index (χ1v) is 5.58. The van der Waals surface area contributed by atoms with E-state index >= 15 is 0 Å². The van der Waals surface area contributed by atoms with Gasteiger partial charge in [-0.05, 0) is 33.3 Å². The van der Waals surface area contributed by atoms with E-state index in [1.807, 2.05) is 6.92 Å². The van der Waals surface area contributed by atoms with E-state index < -0.39 is 0 Å². The molecule has 3 nitrogen and oxygen atoms in total. The number of carbonyl (C=O) groups is 1. The summed E-state index contributed by atoms with van der Waals surface area (Å²) in [4.78, 5) is 11.3. The number of unbranched alkanes of at least 4 members (excludes halogenated alkanes) is 1. The summed E-state index contributed by atoms with van der Waals surface area (Å²) in [7, 11) is 0. The molecule has 0 aromatic rings. The summed E-state index contributed by atoms with van der Waals surface area (Å²) in [5.41, 5.74) is 0.612. The third kappa shape index (κ3) is 7.14. The molecule has 88 valence electrons. The van der Waals surface area contributed by atoms with Gasteiger partial charge >= 0.3 is 5.97 Å². The van der Waals surface area contributed by atoms with Gasteiger partial charge in [0.2, 0.25) is 0 Å². The third-order valence-corrected chi connectivity index (χ3v) is 1.96. The first-order chi connectivity index (χ1) is 7.11. The average Bonchev–Trinajstić information content (AvgIpc) is 2.18. The maximum atomic E-state index is 11.3. The van der Waals surface area contributed by atoms with Crippen molar-refractivity contribution in [3.05, 3.63) is 11.6 Å². The fourth-order valence-corrected chi connectivity index (χ4v) is 1.13. The maximum Gasteiger partial charge on any atom is 0.333 e. The van der Waals surface area contributed by atoms with Crippen LogP contribution < -0.4 is 0 Å². The minimum absolute atomic E-state index is 0.0269. The SMILES string of the molecule is CCCCOC(C)/C=C(\C)C(=O)OCC. The Kier molecular flexibility index (Phi) is 8.01. The van der Waals surface area contributed by atoms with Crippen molar-refractivity contribution < 1.29 is 14.3 Å². The van der Waals surface area contributed by atoms with Crippen molar-refractivity contribution in [2.75, 3.05) is 13.2 Å². The number of hydrogen-bond donors (Lipinski definition) is 0. The predicted octanol–water partition coefficient (Wildman–Crippen LogP) is 2.70. The van der Waals surface area contributed by atoms with Crippen LogP contribution in [-0.2, 0) is 14.3 Å². The van der Waals surface area contributed by atoms with Gasteiger partial charge in [0.15, 0.2) is 0 Å². The summed E-state index contributed by atoms with van der Waals surface area (Å²) in [6.07, 6.45) is 3.94. The van der Waals surface area contributed by atoms with Crippen LogP contribution in [0.5, 0.6) is 0 Å². The van der Waals surface area contributed by atoms with Crippen LogP contribution in [0, 0.1) is 0 Å². The van der Waals surface area contributed by atoms with Gasteiger partial charge in [-0.3, -0.25) is 0 Å². The lowest BCUT2D eigenvalue weighted by molar-refractivity contribution is -0.138. The summed E-state index contributed by atoms with van der Waals surface area (Å²) in [6.45, 7) is 8.75. The van der Waals surface area contributed by atoms with E-state index in [4.69, 9.17) is 9.47 Å². The molecule has 1 unspecified atom stereocenters. The fourth-order valence-electron chi connectivity index (χ4n) is 1.13. The molecule has 0 spiro atoms. The second-order valence-electron chi connectivity index (χ2n) is 3.50. The van der Waals surface area contributed by atoms with Gasteiger partial charge in [0.1, 0.15) is 0 Å². The molecule has 0 bridgehead atoms. The van der Waals surface area contributed by atoms with Crippen molar-refractivity contribution in [2.45, 2.75) is 46.6 Å². The van der Waals surface area contributed by atoms with E-state index in [-0.39, 0.29) is 12.1 Å². The third-order valence-electron chi connectivity index (χ3n) is 1.96. The summed E-state index contributed by atoms with van der Waals surface area (Å²) in [6, 6.07) is 0. The Morgan fingerprint density at radius 3 is 2.60 bits per heavy atom. The molecule has 0 aromatic heterocycles.